The van der Waals surface area contributed by atoms with Gasteiger partial charge in [0.2, 0.25) is 0 Å². The number of hydrogen-bond donors (Lipinski definition) is 6. The van der Waals surface area contributed by atoms with Gasteiger partial charge in [-0.15, -0.1) is 0 Å². The molecule has 8 N–H and O–H groups in total. The summed E-state index contributed by atoms with van der Waals surface area (Å²) in [5.74, 6) is -0.410. The number of anilines is 6. The predicted molar refractivity (Wildman–Crippen MR) is 244 cm³/mol. The minimum atomic E-state index is -4.67. The van der Waals surface area contributed by atoms with Crippen LogP contribution in [0, 0.1) is 12.7 Å². The first-order valence-electron chi connectivity index (χ1n) is 20.5. The van der Waals surface area contributed by atoms with E-state index >= 15 is 0 Å². The number of nitrogen functional groups attached to an aromatic ring is 2. The van der Waals surface area contributed by atoms with E-state index in [0.29, 0.717) is 74.4 Å². The molecule has 16 nitrogen and oxygen atoms in total. The third kappa shape index (κ3) is 10.3. The van der Waals surface area contributed by atoms with Gasteiger partial charge in [-0.2, -0.15) is 36.5 Å². The average molecular weight is 943 g/mol. The van der Waals surface area contributed by atoms with E-state index in [4.69, 9.17) is 11.5 Å². The Morgan fingerprint density at radius 1 is 0.574 bits per heavy atom. The number of urea groups is 2. The van der Waals surface area contributed by atoms with Crippen molar-refractivity contribution in [1.29, 1.82) is 0 Å². The number of nitrogens with two attached hydrogens (primary N) is 2. The summed E-state index contributed by atoms with van der Waals surface area (Å²) in [6, 6.07) is 17.2. The smallest absolute Gasteiger partial charge is 0.383 e. The van der Waals surface area contributed by atoms with Crippen molar-refractivity contribution in [3.63, 3.8) is 0 Å². The molecule has 23 heteroatoms. The highest BCUT2D eigenvalue weighted by Gasteiger charge is 2.33. The lowest BCUT2D eigenvalue weighted by atomic mass is 10.1. The van der Waals surface area contributed by atoms with Gasteiger partial charge in [-0.25, -0.2) is 43.3 Å². The van der Waals surface area contributed by atoms with Crippen molar-refractivity contribution < 1.29 is 40.3 Å². The van der Waals surface area contributed by atoms with Crippen LogP contribution in [-0.4, -0.2) is 51.6 Å². The van der Waals surface area contributed by atoms with Gasteiger partial charge in [-0.1, -0.05) is 30.3 Å². The van der Waals surface area contributed by atoms with Crippen LogP contribution < -0.4 is 32.7 Å². The Morgan fingerprint density at radius 2 is 1.01 bits per heavy atom. The van der Waals surface area contributed by atoms with Crippen LogP contribution in [0.4, 0.5) is 74.7 Å². The van der Waals surface area contributed by atoms with Crippen LogP contribution in [0.1, 0.15) is 56.5 Å². The van der Waals surface area contributed by atoms with Crippen LogP contribution >= 0.6 is 0 Å². The van der Waals surface area contributed by atoms with E-state index in [2.05, 4.69) is 51.4 Å². The summed E-state index contributed by atoms with van der Waals surface area (Å²) in [7, 11) is 0. The second-order valence-electron chi connectivity index (χ2n) is 15.7. The number of aryl methyl sites for hydroxylation is 1. The number of alkyl halides is 6. The second-order valence-corrected chi connectivity index (χ2v) is 15.7. The highest BCUT2D eigenvalue weighted by molar-refractivity contribution is 6.02. The molecule has 0 bridgehead atoms. The van der Waals surface area contributed by atoms with Crippen molar-refractivity contribution in [3.8, 4) is 22.5 Å². The highest BCUT2D eigenvalue weighted by Crippen LogP contribution is 2.36. The van der Waals surface area contributed by atoms with Crippen LogP contribution in [-0.2, 0) is 12.4 Å². The first-order chi connectivity index (χ1) is 32.1. The van der Waals surface area contributed by atoms with Crippen molar-refractivity contribution >= 4 is 68.5 Å². The van der Waals surface area contributed by atoms with E-state index in [1.54, 1.807) is 57.9 Å². The summed E-state index contributed by atoms with van der Waals surface area (Å²) in [5, 5.41) is 20.1. The maximum absolute atomic E-state index is 13.9. The number of nitrogens with one attached hydrogen (secondary N) is 4. The summed E-state index contributed by atoms with van der Waals surface area (Å²) >= 11 is 0. The SMILES string of the molecule is CC(C)n1nc(-c2ccc(NC(=O)Nc3cc(C(F)(F)F)ccc3F)cc2)c2c(N)ncnc21.Cc1ccc(NC(=O)Nc2ccc(-c3nn(C(C)C)c4ncnc(N)c34)cc2)cc1C(F)(F)F. The first-order valence-corrected chi connectivity index (χ1v) is 20.5. The van der Waals surface area contributed by atoms with Crippen molar-refractivity contribution in [2.24, 2.45) is 0 Å². The fourth-order valence-electron chi connectivity index (χ4n) is 6.92. The zero-order valence-corrected chi connectivity index (χ0v) is 36.6. The zero-order valence-electron chi connectivity index (χ0n) is 36.6. The van der Waals surface area contributed by atoms with Gasteiger partial charge in [0.15, 0.2) is 11.3 Å². The van der Waals surface area contributed by atoms with Crippen LogP contribution in [0.15, 0.2) is 97.6 Å². The van der Waals surface area contributed by atoms with E-state index < -0.39 is 47.0 Å². The standard InChI is InChI=1S/C23H22F3N7O.C22H19F4N7O/c1-12(2)33-21-18(20(27)28-11-29-21)19(32-33)14-5-8-15(9-6-14)30-22(34)31-16-7-4-13(3)17(10-16)23(24,25)26;1-11(2)33-20-17(19(27)28-10-29-20)18(32-33)12-3-6-14(7-4-12)30-21(34)31-16-9-13(22(24,25)26)5-8-15(16)23/h4-12H,1-3H3,(H2,27,28,29)(H2,30,31,34);3-11H,1-2H3,(H2,27,28,29)(H2,30,31,34). The third-order valence-electron chi connectivity index (χ3n) is 10.2. The number of carbonyl (C=O) groups excluding carboxylic acids is 2. The lowest BCUT2D eigenvalue weighted by Gasteiger charge is -2.13. The molecule has 0 aliphatic rings. The molecule has 8 aromatic rings. The molecule has 4 aromatic heterocycles. The zero-order chi connectivity index (χ0) is 49.2. The normalized spacial score (nSPS) is 11.7. The number of benzene rings is 4. The highest BCUT2D eigenvalue weighted by atomic mass is 19.4. The Hall–Kier alpha value is -8.37. The van der Waals surface area contributed by atoms with Gasteiger partial charge in [0.1, 0.15) is 41.5 Å². The topological polar surface area (TPSA) is 221 Å². The number of rotatable bonds is 8. The number of carbonyl (C=O) groups is 2. The quantitative estimate of drug-likeness (QED) is 0.0791. The molecule has 352 valence electrons. The predicted octanol–water partition coefficient (Wildman–Crippen LogP) is 11.1. The number of nitrogens with zero attached hydrogens (tertiary/aromatic N) is 8. The third-order valence-corrected chi connectivity index (χ3v) is 10.2. The fraction of sp³-hybridized carbons (Fsp3) is 0.200. The fourth-order valence-corrected chi connectivity index (χ4v) is 6.92. The minimum Gasteiger partial charge on any atom is -0.383 e. The van der Waals surface area contributed by atoms with Crippen molar-refractivity contribution in [2.45, 2.75) is 59.1 Å². The molecule has 4 amide bonds. The Kier molecular flexibility index (Phi) is 13.2. The molecule has 4 heterocycles. The van der Waals surface area contributed by atoms with Crippen LogP contribution in [0.3, 0.4) is 0 Å². The number of amides is 4. The van der Waals surface area contributed by atoms with Gasteiger partial charge >= 0.3 is 24.4 Å². The van der Waals surface area contributed by atoms with Crippen LogP contribution in [0.5, 0.6) is 0 Å². The van der Waals surface area contributed by atoms with Crippen molar-refractivity contribution in [1.82, 2.24) is 39.5 Å². The maximum Gasteiger partial charge on any atom is 0.416 e. The van der Waals surface area contributed by atoms with Crippen LogP contribution in [0.25, 0.3) is 44.6 Å². The lowest BCUT2D eigenvalue weighted by Crippen LogP contribution is -2.20. The summed E-state index contributed by atoms with van der Waals surface area (Å²) in [6.45, 7) is 9.22. The molecule has 0 spiro atoms. The van der Waals surface area contributed by atoms with Crippen molar-refractivity contribution in [2.75, 3.05) is 32.7 Å². The van der Waals surface area contributed by atoms with Crippen molar-refractivity contribution in [3.05, 3.63) is 120 Å². The molecule has 0 fully saturated rings. The molecule has 4 aromatic carbocycles. The van der Waals surface area contributed by atoms with E-state index in [0.717, 1.165) is 11.6 Å². The molecule has 0 aliphatic carbocycles. The molecule has 68 heavy (non-hydrogen) atoms. The second kappa shape index (κ2) is 18.9. The van der Waals surface area contributed by atoms with Gasteiger partial charge in [-0.3, -0.25) is 0 Å². The molecular weight excluding hydrogens is 902 g/mol. The number of hydrogen-bond acceptors (Lipinski definition) is 10. The molecule has 8 rings (SSSR count). The summed E-state index contributed by atoms with van der Waals surface area (Å²) in [4.78, 5) is 41.2. The molecule has 0 unspecified atom stereocenters. The number of fused-ring (bicyclic) bond motifs is 2. The van der Waals surface area contributed by atoms with E-state index in [9.17, 15) is 40.3 Å². The van der Waals surface area contributed by atoms with Crippen LogP contribution in [0.2, 0.25) is 0 Å². The molecule has 0 atom stereocenters. The number of aromatic nitrogens is 8. The average Bonchev–Trinajstić information content (AvgIpc) is 3.87. The molecule has 0 saturated heterocycles. The molecular formula is C45H41F7N14O2. The van der Waals surface area contributed by atoms with Gasteiger partial charge in [0.05, 0.1) is 27.6 Å². The summed E-state index contributed by atoms with van der Waals surface area (Å²) in [6.07, 6.45) is -6.42. The number of halogens is 7. The first kappa shape index (κ1) is 47.6. The largest absolute Gasteiger partial charge is 0.416 e. The summed E-state index contributed by atoms with van der Waals surface area (Å²) < 4.78 is 95.3. The maximum atomic E-state index is 13.9. The van der Waals surface area contributed by atoms with Gasteiger partial charge in [0.25, 0.3) is 0 Å². The van der Waals surface area contributed by atoms with E-state index in [-0.39, 0.29) is 29.2 Å². The minimum absolute atomic E-state index is 0.0198. The van der Waals surface area contributed by atoms with Gasteiger partial charge in [0, 0.05) is 40.3 Å². The Balaban J connectivity index is 0.000000201. The monoisotopic (exact) mass is 942 g/mol. The Labute approximate surface area is 382 Å². The molecule has 0 saturated carbocycles. The molecule has 0 aliphatic heterocycles. The van der Waals surface area contributed by atoms with E-state index in [1.807, 2.05) is 27.7 Å². The van der Waals surface area contributed by atoms with Gasteiger partial charge < -0.3 is 32.7 Å². The van der Waals surface area contributed by atoms with Gasteiger partial charge in [-0.05, 0) is 94.8 Å². The summed E-state index contributed by atoms with van der Waals surface area (Å²) in [5.41, 5.74) is 14.3. The Bertz CT molecular complexity index is 3150. The Morgan fingerprint density at radius 3 is 1.46 bits per heavy atom. The lowest BCUT2D eigenvalue weighted by molar-refractivity contribution is -0.138. The molecule has 0 radical (unpaired) electrons. The van der Waals surface area contributed by atoms with E-state index in [1.165, 1.54) is 31.7 Å².